The molecule has 116 valence electrons. The van der Waals surface area contributed by atoms with Crippen LogP contribution in [0.15, 0.2) is 12.1 Å². The minimum Gasteiger partial charge on any atom is -0.479 e. The van der Waals surface area contributed by atoms with Crippen LogP contribution in [0.5, 0.6) is 5.75 Å². The molecule has 1 amide bonds. The van der Waals surface area contributed by atoms with E-state index in [2.05, 4.69) is 19.2 Å². The zero-order valence-electron chi connectivity index (χ0n) is 12.5. The highest BCUT2D eigenvalue weighted by Gasteiger charge is 2.32. The molecule has 1 unspecified atom stereocenters. The van der Waals surface area contributed by atoms with Crippen molar-refractivity contribution in [2.24, 2.45) is 0 Å². The molecule has 2 rings (SSSR count). The van der Waals surface area contributed by atoms with Gasteiger partial charge in [-0.15, -0.1) is 0 Å². The number of likely N-dealkylation sites (N-methyl/N-ethyl adjacent to an activating group) is 1. The molecule has 1 N–H and O–H groups in total. The number of halogens is 2. The van der Waals surface area contributed by atoms with Crippen LogP contribution >= 0.6 is 23.2 Å². The molecule has 1 aliphatic heterocycles. The van der Waals surface area contributed by atoms with Gasteiger partial charge in [0, 0.05) is 43.2 Å². The molecule has 6 heteroatoms. The average Bonchev–Trinajstić information content (AvgIpc) is 2.71. The second-order valence-electron chi connectivity index (χ2n) is 5.57. The van der Waals surface area contributed by atoms with Crippen LogP contribution in [0.4, 0.5) is 0 Å². The highest BCUT2D eigenvalue weighted by Crippen LogP contribution is 2.34. The minimum atomic E-state index is -0.466. The Morgan fingerprint density at radius 1 is 1.43 bits per heavy atom. The van der Waals surface area contributed by atoms with Gasteiger partial charge in [-0.25, -0.2) is 0 Å². The summed E-state index contributed by atoms with van der Waals surface area (Å²) in [6, 6.07) is 3.79. The van der Waals surface area contributed by atoms with Gasteiger partial charge in [0.1, 0.15) is 5.75 Å². The number of hydrogen-bond acceptors (Lipinski definition) is 3. The molecule has 1 aliphatic rings. The molecule has 1 saturated heterocycles. The molecule has 1 heterocycles. The highest BCUT2D eigenvalue weighted by molar-refractivity contribution is 6.35. The normalized spacial score (nSPS) is 18.7. The lowest BCUT2D eigenvalue weighted by Crippen LogP contribution is -2.30. The summed E-state index contributed by atoms with van der Waals surface area (Å²) in [5.41, 5.74) is 0.864. The van der Waals surface area contributed by atoms with E-state index in [9.17, 15) is 4.79 Å². The SMILES string of the molecule is CC(C)NCc1cc(Cl)cc(Cl)c1OC1CCN(C)C1=O. The number of nitrogens with zero attached hydrogens (tertiary/aromatic N) is 1. The van der Waals surface area contributed by atoms with Crippen molar-refractivity contribution in [3.05, 3.63) is 27.7 Å². The minimum absolute atomic E-state index is 0.0104. The summed E-state index contributed by atoms with van der Waals surface area (Å²) in [4.78, 5) is 13.6. The summed E-state index contributed by atoms with van der Waals surface area (Å²) in [6.45, 7) is 5.41. The van der Waals surface area contributed by atoms with E-state index in [1.165, 1.54) is 0 Å². The summed E-state index contributed by atoms with van der Waals surface area (Å²) in [5, 5.41) is 4.30. The molecule has 0 spiro atoms. The Kier molecular flexibility index (Phi) is 5.36. The molecular formula is C15H20Cl2N2O2. The van der Waals surface area contributed by atoms with Crippen molar-refractivity contribution in [2.75, 3.05) is 13.6 Å². The molecule has 0 bridgehead atoms. The third kappa shape index (κ3) is 4.02. The lowest BCUT2D eigenvalue weighted by molar-refractivity contribution is -0.132. The van der Waals surface area contributed by atoms with E-state index in [1.807, 2.05) is 6.07 Å². The maximum absolute atomic E-state index is 12.0. The van der Waals surface area contributed by atoms with E-state index in [0.29, 0.717) is 41.3 Å². The van der Waals surface area contributed by atoms with Gasteiger partial charge >= 0.3 is 0 Å². The van der Waals surface area contributed by atoms with Crippen LogP contribution in [-0.4, -0.2) is 36.5 Å². The van der Waals surface area contributed by atoms with E-state index < -0.39 is 6.10 Å². The Morgan fingerprint density at radius 2 is 2.14 bits per heavy atom. The Hall–Kier alpha value is -0.970. The summed E-state index contributed by atoms with van der Waals surface area (Å²) in [5.74, 6) is 0.534. The first-order chi connectivity index (χ1) is 9.88. The Balaban J connectivity index is 2.22. The van der Waals surface area contributed by atoms with E-state index in [-0.39, 0.29) is 5.91 Å². The van der Waals surface area contributed by atoms with Crippen molar-refractivity contribution in [1.29, 1.82) is 0 Å². The molecule has 0 aliphatic carbocycles. The van der Waals surface area contributed by atoms with Gasteiger partial charge < -0.3 is 15.0 Å². The number of benzene rings is 1. The van der Waals surface area contributed by atoms with Crippen molar-refractivity contribution >= 4 is 29.1 Å². The first kappa shape index (κ1) is 16.4. The predicted molar refractivity (Wildman–Crippen MR) is 85.1 cm³/mol. The highest BCUT2D eigenvalue weighted by atomic mass is 35.5. The Bertz CT molecular complexity index is 535. The fourth-order valence-electron chi connectivity index (χ4n) is 2.23. The van der Waals surface area contributed by atoms with Gasteiger partial charge in [0.25, 0.3) is 5.91 Å². The number of ether oxygens (including phenoxy) is 1. The Morgan fingerprint density at radius 3 is 2.71 bits per heavy atom. The second kappa shape index (κ2) is 6.86. The van der Waals surface area contributed by atoms with Crippen molar-refractivity contribution in [1.82, 2.24) is 10.2 Å². The summed E-state index contributed by atoms with van der Waals surface area (Å²) >= 11 is 12.3. The molecule has 1 aromatic rings. The number of hydrogen-bond donors (Lipinski definition) is 1. The largest absolute Gasteiger partial charge is 0.479 e. The van der Waals surface area contributed by atoms with Gasteiger partial charge in [-0.2, -0.15) is 0 Å². The number of carbonyl (C=O) groups is 1. The van der Waals surface area contributed by atoms with Crippen LogP contribution in [0.1, 0.15) is 25.8 Å². The second-order valence-corrected chi connectivity index (χ2v) is 6.41. The molecule has 1 fully saturated rings. The molecule has 0 saturated carbocycles. The lowest BCUT2D eigenvalue weighted by Gasteiger charge is -2.19. The third-order valence-corrected chi connectivity index (χ3v) is 3.92. The van der Waals surface area contributed by atoms with Crippen LogP contribution in [0, 0.1) is 0 Å². The monoisotopic (exact) mass is 330 g/mol. The number of amides is 1. The summed E-state index contributed by atoms with van der Waals surface area (Å²) in [6.07, 6.45) is 0.206. The van der Waals surface area contributed by atoms with Gasteiger partial charge in [-0.05, 0) is 12.1 Å². The van der Waals surface area contributed by atoms with Crippen molar-refractivity contribution < 1.29 is 9.53 Å². The zero-order valence-corrected chi connectivity index (χ0v) is 14.0. The summed E-state index contributed by atoms with van der Waals surface area (Å²) in [7, 11) is 1.77. The third-order valence-electron chi connectivity index (χ3n) is 3.42. The smallest absolute Gasteiger partial charge is 0.263 e. The molecule has 0 aromatic heterocycles. The molecule has 21 heavy (non-hydrogen) atoms. The molecule has 1 atom stereocenters. The predicted octanol–water partition coefficient (Wildman–Crippen LogP) is 3.10. The lowest BCUT2D eigenvalue weighted by atomic mass is 10.1. The Labute approximate surface area is 135 Å². The number of rotatable bonds is 5. The average molecular weight is 331 g/mol. The van der Waals surface area contributed by atoms with Gasteiger partial charge in [-0.3, -0.25) is 4.79 Å². The fraction of sp³-hybridized carbons (Fsp3) is 0.533. The molecule has 0 radical (unpaired) electrons. The van der Waals surface area contributed by atoms with E-state index in [1.54, 1.807) is 18.0 Å². The van der Waals surface area contributed by atoms with Crippen molar-refractivity contribution in [3.8, 4) is 5.75 Å². The molecular weight excluding hydrogens is 311 g/mol. The van der Waals surface area contributed by atoms with Crippen LogP contribution in [-0.2, 0) is 11.3 Å². The van der Waals surface area contributed by atoms with E-state index in [0.717, 1.165) is 5.56 Å². The number of likely N-dealkylation sites (tertiary alicyclic amines) is 1. The van der Waals surface area contributed by atoms with Crippen LogP contribution < -0.4 is 10.1 Å². The first-order valence-corrected chi connectivity index (χ1v) is 7.77. The quantitative estimate of drug-likeness (QED) is 0.901. The number of carbonyl (C=O) groups excluding carboxylic acids is 1. The van der Waals surface area contributed by atoms with Crippen molar-refractivity contribution in [2.45, 2.75) is 39.0 Å². The molecule has 1 aromatic carbocycles. The maximum Gasteiger partial charge on any atom is 0.263 e. The topological polar surface area (TPSA) is 41.6 Å². The fourth-order valence-corrected chi connectivity index (χ4v) is 2.81. The van der Waals surface area contributed by atoms with Gasteiger partial charge in [0.2, 0.25) is 0 Å². The van der Waals surface area contributed by atoms with Gasteiger partial charge in [0.15, 0.2) is 6.10 Å². The van der Waals surface area contributed by atoms with E-state index >= 15 is 0 Å². The van der Waals surface area contributed by atoms with Gasteiger partial charge in [-0.1, -0.05) is 37.0 Å². The van der Waals surface area contributed by atoms with Crippen LogP contribution in [0.3, 0.4) is 0 Å². The summed E-state index contributed by atoms with van der Waals surface area (Å²) < 4.78 is 5.89. The maximum atomic E-state index is 12.0. The van der Waals surface area contributed by atoms with E-state index in [4.69, 9.17) is 27.9 Å². The van der Waals surface area contributed by atoms with Crippen molar-refractivity contribution in [3.63, 3.8) is 0 Å². The molecule has 4 nitrogen and oxygen atoms in total. The van der Waals surface area contributed by atoms with Crippen LogP contribution in [0.25, 0.3) is 0 Å². The standard InChI is InChI=1S/C15H20Cl2N2O2/c1-9(2)18-8-10-6-11(16)7-12(17)14(10)21-13-4-5-19(3)15(13)20/h6-7,9,13,18H,4-5,8H2,1-3H3. The van der Waals surface area contributed by atoms with Crippen LogP contribution in [0.2, 0.25) is 10.0 Å². The van der Waals surface area contributed by atoms with Gasteiger partial charge in [0.05, 0.1) is 5.02 Å². The zero-order chi connectivity index (χ0) is 15.6. The number of nitrogens with one attached hydrogen (secondary N) is 1. The first-order valence-electron chi connectivity index (χ1n) is 7.01.